The van der Waals surface area contributed by atoms with Crippen LogP contribution in [0.3, 0.4) is 0 Å². The van der Waals surface area contributed by atoms with E-state index in [4.69, 9.17) is 10.3 Å². The smallest absolute Gasteiger partial charge is 0.150 e. The number of hydrogen-bond acceptors (Lipinski definition) is 4. The summed E-state index contributed by atoms with van der Waals surface area (Å²) in [6.07, 6.45) is 6.38. The van der Waals surface area contributed by atoms with Crippen molar-refractivity contribution in [3.05, 3.63) is 18.0 Å². The van der Waals surface area contributed by atoms with Gasteiger partial charge in [0, 0.05) is 18.2 Å². The zero-order valence-corrected chi connectivity index (χ0v) is 9.22. The highest BCUT2D eigenvalue weighted by Crippen LogP contribution is 2.22. The average Bonchev–Trinajstić information content (AvgIpc) is 2.71. The lowest BCUT2D eigenvalue weighted by Crippen LogP contribution is -2.38. The molecule has 1 aromatic rings. The van der Waals surface area contributed by atoms with Crippen molar-refractivity contribution in [1.29, 1.82) is 0 Å². The predicted octanol–water partition coefficient (Wildman–Crippen LogP) is 1.38. The molecule has 4 nitrogen and oxygen atoms in total. The molecule has 1 saturated carbocycles. The van der Waals surface area contributed by atoms with Crippen molar-refractivity contribution in [2.45, 2.75) is 44.3 Å². The Morgan fingerprint density at radius 3 is 2.80 bits per heavy atom. The van der Waals surface area contributed by atoms with E-state index in [-0.39, 0.29) is 0 Å². The lowest BCUT2D eigenvalue weighted by Gasteiger charge is -2.32. The number of aromatic nitrogens is 1. The molecule has 1 fully saturated rings. The van der Waals surface area contributed by atoms with E-state index >= 15 is 0 Å². The van der Waals surface area contributed by atoms with Crippen LogP contribution < -0.4 is 5.73 Å². The lowest BCUT2D eigenvalue weighted by molar-refractivity contribution is 0.161. The first kappa shape index (κ1) is 10.6. The van der Waals surface area contributed by atoms with Crippen molar-refractivity contribution in [2.24, 2.45) is 5.73 Å². The molecule has 4 heteroatoms. The van der Waals surface area contributed by atoms with Crippen molar-refractivity contribution in [2.75, 3.05) is 7.05 Å². The van der Waals surface area contributed by atoms with Gasteiger partial charge < -0.3 is 10.3 Å². The Kier molecular flexibility index (Phi) is 3.38. The van der Waals surface area contributed by atoms with E-state index < -0.39 is 0 Å². The van der Waals surface area contributed by atoms with Gasteiger partial charge in [-0.2, -0.15) is 0 Å². The molecule has 2 rings (SSSR count). The molecule has 0 bridgehead atoms. The van der Waals surface area contributed by atoms with Gasteiger partial charge >= 0.3 is 0 Å². The molecular formula is C11H19N3O. The Bertz CT molecular complexity index is 278. The van der Waals surface area contributed by atoms with Crippen LogP contribution in [0.4, 0.5) is 0 Å². The third-order valence-corrected chi connectivity index (χ3v) is 3.26. The molecule has 1 aliphatic carbocycles. The summed E-state index contributed by atoms with van der Waals surface area (Å²) < 4.78 is 5.10. The maximum Gasteiger partial charge on any atom is 0.150 e. The van der Waals surface area contributed by atoms with Gasteiger partial charge in [0.2, 0.25) is 0 Å². The van der Waals surface area contributed by atoms with Crippen LogP contribution in [-0.2, 0) is 6.54 Å². The number of nitrogens with two attached hydrogens (primary N) is 1. The molecule has 2 N–H and O–H groups in total. The number of hydrogen-bond donors (Lipinski definition) is 1. The molecule has 0 atom stereocenters. The minimum Gasteiger partial charge on any atom is -0.360 e. The third kappa shape index (κ3) is 2.79. The number of nitrogens with zero attached hydrogens (tertiary/aromatic N) is 2. The Labute approximate surface area is 90.4 Å². The molecule has 0 amide bonds. The van der Waals surface area contributed by atoms with E-state index in [2.05, 4.69) is 17.1 Å². The van der Waals surface area contributed by atoms with Gasteiger partial charge in [-0.25, -0.2) is 0 Å². The second-order valence-electron chi connectivity index (χ2n) is 4.46. The minimum absolute atomic E-state index is 0.417. The summed E-state index contributed by atoms with van der Waals surface area (Å²) in [5.74, 6) is 0.937. The second-order valence-corrected chi connectivity index (χ2v) is 4.46. The fraction of sp³-hybridized carbons (Fsp3) is 0.727. The minimum atomic E-state index is 0.417. The monoisotopic (exact) mass is 209 g/mol. The van der Waals surface area contributed by atoms with E-state index in [1.54, 1.807) is 6.20 Å². The SMILES string of the molecule is CN(Cc1ccno1)C1CCC(N)CC1. The van der Waals surface area contributed by atoms with Crippen molar-refractivity contribution in [3.8, 4) is 0 Å². The quantitative estimate of drug-likeness (QED) is 0.817. The van der Waals surface area contributed by atoms with Crippen LogP contribution in [0.2, 0.25) is 0 Å². The van der Waals surface area contributed by atoms with Crippen LogP contribution in [0.5, 0.6) is 0 Å². The highest BCUT2D eigenvalue weighted by molar-refractivity contribution is 4.93. The summed E-state index contributed by atoms with van der Waals surface area (Å²) in [7, 11) is 2.14. The molecular weight excluding hydrogens is 190 g/mol. The Morgan fingerprint density at radius 1 is 1.47 bits per heavy atom. The maximum atomic E-state index is 5.89. The first-order valence-corrected chi connectivity index (χ1v) is 5.61. The highest BCUT2D eigenvalue weighted by atomic mass is 16.5. The van der Waals surface area contributed by atoms with Gasteiger partial charge in [0.25, 0.3) is 0 Å². The summed E-state index contributed by atoms with van der Waals surface area (Å²) in [6, 6.07) is 2.99. The molecule has 15 heavy (non-hydrogen) atoms. The fourth-order valence-electron chi connectivity index (χ4n) is 2.24. The van der Waals surface area contributed by atoms with Crippen LogP contribution in [0.15, 0.2) is 16.8 Å². The summed E-state index contributed by atoms with van der Waals surface area (Å²) in [5.41, 5.74) is 5.89. The van der Waals surface area contributed by atoms with Gasteiger partial charge in [0.1, 0.15) is 0 Å². The van der Waals surface area contributed by atoms with E-state index in [0.29, 0.717) is 12.1 Å². The van der Waals surface area contributed by atoms with Gasteiger partial charge in [-0.1, -0.05) is 5.16 Å². The molecule has 84 valence electrons. The molecule has 0 aliphatic heterocycles. The van der Waals surface area contributed by atoms with Crippen LogP contribution in [0.25, 0.3) is 0 Å². The van der Waals surface area contributed by atoms with Crippen LogP contribution >= 0.6 is 0 Å². The van der Waals surface area contributed by atoms with Gasteiger partial charge in [-0.3, -0.25) is 4.90 Å². The van der Waals surface area contributed by atoms with Crippen LogP contribution in [0.1, 0.15) is 31.4 Å². The zero-order chi connectivity index (χ0) is 10.7. The lowest BCUT2D eigenvalue weighted by atomic mass is 9.91. The maximum absolute atomic E-state index is 5.89. The van der Waals surface area contributed by atoms with Crippen LogP contribution in [-0.4, -0.2) is 29.2 Å². The summed E-state index contributed by atoms with van der Waals surface area (Å²) in [6.45, 7) is 0.847. The molecule has 0 aromatic carbocycles. The molecule has 1 heterocycles. The standard InChI is InChI=1S/C11H19N3O/c1-14(8-11-6-7-13-15-11)10-4-2-9(12)3-5-10/h6-7,9-10H,2-5,8,12H2,1H3. The molecule has 1 aromatic heterocycles. The molecule has 0 radical (unpaired) electrons. The van der Waals surface area contributed by atoms with Crippen molar-refractivity contribution >= 4 is 0 Å². The molecule has 0 saturated heterocycles. The largest absolute Gasteiger partial charge is 0.360 e. The third-order valence-electron chi connectivity index (χ3n) is 3.26. The van der Waals surface area contributed by atoms with Gasteiger partial charge in [0.05, 0.1) is 12.7 Å². The zero-order valence-electron chi connectivity index (χ0n) is 9.22. The van der Waals surface area contributed by atoms with Crippen LogP contribution in [0, 0.1) is 0 Å². The molecule has 0 spiro atoms. The Morgan fingerprint density at radius 2 is 2.20 bits per heavy atom. The summed E-state index contributed by atoms with van der Waals surface area (Å²) in [5, 5.41) is 3.71. The topological polar surface area (TPSA) is 55.3 Å². The Hall–Kier alpha value is -0.870. The number of rotatable bonds is 3. The average molecular weight is 209 g/mol. The predicted molar refractivity (Wildman–Crippen MR) is 58.2 cm³/mol. The highest BCUT2D eigenvalue weighted by Gasteiger charge is 2.22. The molecule has 0 unspecified atom stereocenters. The van der Waals surface area contributed by atoms with E-state index in [0.717, 1.165) is 25.1 Å². The second kappa shape index (κ2) is 4.77. The summed E-state index contributed by atoms with van der Waals surface area (Å²) in [4.78, 5) is 2.34. The van der Waals surface area contributed by atoms with E-state index in [1.165, 1.54) is 12.8 Å². The van der Waals surface area contributed by atoms with E-state index in [9.17, 15) is 0 Å². The van der Waals surface area contributed by atoms with Gasteiger partial charge in [-0.15, -0.1) is 0 Å². The Balaban J connectivity index is 1.83. The first-order valence-electron chi connectivity index (χ1n) is 5.61. The summed E-state index contributed by atoms with van der Waals surface area (Å²) >= 11 is 0. The van der Waals surface area contributed by atoms with Crippen molar-refractivity contribution in [1.82, 2.24) is 10.1 Å². The van der Waals surface area contributed by atoms with Crippen molar-refractivity contribution < 1.29 is 4.52 Å². The first-order chi connectivity index (χ1) is 7.25. The van der Waals surface area contributed by atoms with E-state index in [1.807, 2.05) is 6.07 Å². The van der Waals surface area contributed by atoms with Gasteiger partial charge in [-0.05, 0) is 32.7 Å². The molecule has 1 aliphatic rings. The van der Waals surface area contributed by atoms with Crippen molar-refractivity contribution in [3.63, 3.8) is 0 Å². The normalized spacial score (nSPS) is 27.1. The fourth-order valence-corrected chi connectivity index (χ4v) is 2.24. The van der Waals surface area contributed by atoms with Gasteiger partial charge in [0.15, 0.2) is 5.76 Å².